The van der Waals surface area contributed by atoms with E-state index in [0.717, 1.165) is 31.7 Å². The fourth-order valence-electron chi connectivity index (χ4n) is 3.16. The Hall–Kier alpha value is -2.86. The van der Waals surface area contributed by atoms with Gasteiger partial charge in [0.15, 0.2) is 0 Å². The van der Waals surface area contributed by atoms with Crippen LogP contribution in [0.3, 0.4) is 0 Å². The highest BCUT2D eigenvalue weighted by molar-refractivity contribution is 5.97. The second kappa shape index (κ2) is 8.68. The predicted molar refractivity (Wildman–Crippen MR) is 108 cm³/mol. The third kappa shape index (κ3) is 5.08. The van der Waals surface area contributed by atoms with Crippen LogP contribution >= 0.6 is 0 Å². The van der Waals surface area contributed by atoms with Crippen LogP contribution in [-0.4, -0.2) is 54.8 Å². The molecule has 1 fully saturated rings. The minimum absolute atomic E-state index is 0.0104. The molecule has 2 amide bonds. The van der Waals surface area contributed by atoms with Gasteiger partial charge in [-0.1, -0.05) is 24.3 Å². The lowest BCUT2D eigenvalue weighted by Gasteiger charge is -2.32. The van der Waals surface area contributed by atoms with Crippen LogP contribution in [0.1, 0.15) is 22.3 Å². The number of likely N-dealkylation sites (N-methyl/N-ethyl adjacent to an activating group) is 1. The second-order valence-corrected chi connectivity index (χ2v) is 6.92. The van der Waals surface area contributed by atoms with Gasteiger partial charge in [0.05, 0.1) is 0 Å². The average Bonchev–Trinajstić information content (AvgIpc) is 2.67. The third-order valence-corrected chi connectivity index (χ3v) is 4.86. The number of carbonyl (C=O) groups excluding carboxylic acids is 2. The third-order valence-electron chi connectivity index (χ3n) is 4.86. The number of benzene rings is 2. The van der Waals surface area contributed by atoms with Gasteiger partial charge < -0.3 is 20.9 Å². The molecule has 1 heterocycles. The van der Waals surface area contributed by atoms with Gasteiger partial charge in [-0.15, -0.1) is 0 Å². The average molecular weight is 366 g/mol. The summed E-state index contributed by atoms with van der Waals surface area (Å²) in [5, 5.41) is 2.88. The molecule has 0 saturated carbocycles. The van der Waals surface area contributed by atoms with Crippen LogP contribution in [0.5, 0.6) is 0 Å². The summed E-state index contributed by atoms with van der Waals surface area (Å²) in [6, 6.07) is 14.7. The van der Waals surface area contributed by atoms with E-state index >= 15 is 0 Å². The van der Waals surface area contributed by atoms with Gasteiger partial charge in [0, 0.05) is 49.5 Å². The van der Waals surface area contributed by atoms with Gasteiger partial charge in [0.1, 0.15) is 0 Å². The van der Waals surface area contributed by atoms with Crippen molar-refractivity contribution in [1.82, 2.24) is 9.80 Å². The first-order valence-corrected chi connectivity index (χ1v) is 9.24. The van der Waals surface area contributed by atoms with Crippen LogP contribution in [-0.2, 0) is 11.2 Å². The number of rotatable bonds is 5. The quantitative estimate of drug-likeness (QED) is 0.796. The maximum Gasteiger partial charge on any atom is 0.254 e. The van der Waals surface area contributed by atoms with Crippen molar-refractivity contribution in [2.45, 2.75) is 12.8 Å². The molecule has 1 aliphatic rings. The summed E-state index contributed by atoms with van der Waals surface area (Å²) in [4.78, 5) is 29.0. The van der Waals surface area contributed by atoms with Crippen molar-refractivity contribution in [3.05, 3.63) is 59.7 Å². The lowest BCUT2D eigenvalue weighted by Crippen LogP contribution is -2.47. The molecule has 2 aromatic rings. The van der Waals surface area contributed by atoms with Crippen LogP contribution in [0.4, 0.5) is 11.4 Å². The monoisotopic (exact) mass is 366 g/mol. The van der Waals surface area contributed by atoms with E-state index in [9.17, 15) is 9.59 Å². The minimum Gasteiger partial charge on any atom is -0.399 e. The number of hydrogen-bond acceptors (Lipinski definition) is 4. The Morgan fingerprint density at radius 1 is 1.04 bits per heavy atom. The van der Waals surface area contributed by atoms with E-state index in [1.165, 1.54) is 0 Å². The number of nitrogens with one attached hydrogen (secondary N) is 1. The summed E-state index contributed by atoms with van der Waals surface area (Å²) in [5.74, 6) is -0.0845. The second-order valence-electron chi connectivity index (χ2n) is 6.92. The molecular formula is C21H26N4O2. The Morgan fingerprint density at radius 3 is 2.52 bits per heavy atom. The zero-order valence-corrected chi connectivity index (χ0v) is 15.6. The zero-order chi connectivity index (χ0) is 19.2. The summed E-state index contributed by atoms with van der Waals surface area (Å²) < 4.78 is 0. The lowest BCUT2D eigenvalue weighted by atomic mass is 10.1. The van der Waals surface area contributed by atoms with E-state index in [2.05, 4.69) is 17.3 Å². The van der Waals surface area contributed by atoms with Gasteiger partial charge in [-0.3, -0.25) is 9.59 Å². The number of anilines is 2. The Kier molecular flexibility index (Phi) is 6.08. The maximum absolute atomic E-state index is 12.7. The van der Waals surface area contributed by atoms with E-state index in [-0.39, 0.29) is 11.8 Å². The Labute approximate surface area is 159 Å². The summed E-state index contributed by atoms with van der Waals surface area (Å²) in [5.41, 5.74) is 8.82. The number of carbonyl (C=O) groups is 2. The molecule has 0 unspecified atom stereocenters. The van der Waals surface area contributed by atoms with E-state index in [1.807, 2.05) is 29.2 Å². The van der Waals surface area contributed by atoms with Crippen LogP contribution < -0.4 is 11.1 Å². The van der Waals surface area contributed by atoms with E-state index in [4.69, 9.17) is 5.73 Å². The Morgan fingerprint density at radius 2 is 1.78 bits per heavy atom. The highest BCUT2D eigenvalue weighted by Gasteiger charge is 2.20. The molecule has 0 aliphatic carbocycles. The predicted octanol–water partition coefficient (Wildman–Crippen LogP) is 2.23. The first-order chi connectivity index (χ1) is 13.0. The number of aryl methyl sites for hydroxylation is 1. The standard InChI is InChI=1S/C21H26N4O2/c1-24-11-13-25(14-12-24)21(27)17-6-4-7-18(15-17)23-20(26)10-9-16-5-2-3-8-19(16)22/h2-8,15H,9-14,22H2,1H3,(H,23,26). The maximum atomic E-state index is 12.7. The summed E-state index contributed by atoms with van der Waals surface area (Å²) >= 11 is 0. The van der Waals surface area contributed by atoms with Crippen LogP contribution in [0.2, 0.25) is 0 Å². The number of para-hydroxylation sites is 1. The molecule has 1 aliphatic heterocycles. The molecule has 0 spiro atoms. The first kappa shape index (κ1) is 18.9. The molecule has 6 heteroatoms. The smallest absolute Gasteiger partial charge is 0.254 e. The van der Waals surface area contributed by atoms with E-state index in [0.29, 0.717) is 29.8 Å². The molecule has 3 rings (SSSR count). The van der Waals surface area contributed by atoms with Crippen molar-refractivity contribution in [3.63, 3.8) is 0 Å². The van der Waals surface area contributed by atoms with Gasteiger partial charge in [-0.2, -0.15) is 0 Å². The molecule has 0 aromatic heterocycles. The van der Waals surface area contributed by atoms with Crippen LogP contribution in [0.15, 0.2) is 48.5 Å². The summed E-state index contributed by atoms with van der Waals surface area (Å²) in [6.45, 7) is 3.21. The molecule has 0 bridgehead atoms. The number of amides is 2. The largest absolute Gasteiger partial charge is 0.399 e. The molecular weight excluding hydrogens is 340 g/mol. The molecule has 1 saturated heterocycles. The molecule has 142 valence electrons. The number of piperazine rings is 1. The van der Waals surface area contributed by atoms with Gasteiger partial charge in [-0.25, -0.2) is 0 Å². The number of nitrogen functional groups attached to an aromatic ring is 1. The number of nitrogens with zero attached hydrogens (tertiary/aromatic N) is 2. The Balaban J connectivity index is 1.57. The molecule has 0 radical (unpaired) electrons. The van der Waals surface area contributed by atoms with Crippen molar-refractivity contribution < 1.29 is 9.59 Å². The highest BCUT2D eigenvalue weighted by atomic mass is 16.2. The van der Waals surface area contributed by atoms with Crippen LogP contribution in [0, 0.1) is 0 Å². The molecule has 2 aromatic carbocycles. The van der Waals surface area contributed by atoms with Crippen LogP contribution in [0.25, 0.3) is 0 Å². The van der Waals surface area contributed by atoms with Crippen molar-refractivity contribution in [2.75, 3.05) is 44.3 Å². The SMILES string of the molecule is CN1CCN(C(=O)c2cccc(NC(=O)CCc3ccccc3N)c2)CC1. The topological polar surface area (TPSA) is 78.7 Å². The molecule has 0 atom stereocenters. The number of nitrogens with two attached hydrogens (primary N) is 1. The van der Waals surface area contributed by atoms with Crippen molar-refractivity contribution >= 4 is 23.2 Å². The van der Waals surface area contributed by atoms with E-state index in [1.54, 1.807) is 24.3 Å². The van der Waals surface area contributed by atoms with Crippen molar-refractivity contribution in [2.24, 2.45) is 0 Å². The summed E-state index contributed by atoms with van der Waals surface area (Å²) in [6.07, 6.45) is 0.920. The van der Waals surface area contributed by atoms with Crippen molar-refractivity contribution in [3.8, 4) is 0 Å². The minimum atomic E-state index is -0.0950. The zero-order valence-electron chi connectivity index (χ0n) is 15.6. The van der Waals surface area contributed by atoms with Gasteiger partial charge in [0.2, 0.25) is 5.91 Å². The summed E-state index contributed by atoms with van der Waals surface area (Å²) in [7, 11) is 2.06. The van der Waals surface area contributed by atoms with E-state index < -0.39 is 0 Å². The normalized spacial score (nSPS) is 14.8. The molecule has 6 nitrogen and oxygen atoms in total. The van der Waals surface area contributed by atoms with Gasteiger partial charge in [-0.05, 0) is 43.3 Å². The van der Waals surface area contributed by atoms with Gasteiger partial charge in [0.25, 0.3) is 5.91 Å². The number of hydrogen-bond donors (Lipinski definition) is 2. The lowest BCUT2D eigenvalue weighted by molar-refractivity contribution is -0.116. The fourth-order valence-corrected chi connectivity index (χ4v) is 3.16. The Bertz CT molecular complexity index is 813. The highest BCUT2D eigenvalue weighted by Crippen LogP contribution is 2.16. The first-order valence-electron chi connectivity index (χ1n) is 9.24. The van der Waals surface area contributed by atoms with Crippen molar-refractivity contribution in [1.29, 1.82) is 0 Å². The van der Waals surface area contributed by atoms with Gasteiger partial charge >= 0.3 is 0 Å². The molecule has 27 heavy (non-hydrogen) atoms. The molecule has 3 N–H and O–H groups in total. The fraction of sp³-hybridized carbons (Fsp3) is 0.333.